The number of anilines is 2. The molecule has 2 aliphatic rings. The van der Waals surface area contributed by atoms with E-state index in [1.54, 1.807) is 23.3 Å². The smallest absolute Gasteiger partial charge is 0.269 e. The fourth-order valence-corrected chi connectivity index (χ4v) is 4.64. The van der Waals surface area contributed by atoms with Crippen LogP contribution in [0.15, 0.2) is 72.8 Å². The van der Waals surface area contributed by atoms with E-state index in [9.17, 15) is 19.7 Å². The Morgan fingerprint density at radius 2 is 1.61 bits per heavy atom. The van der Waals surface area contributed by atoms with Crippen LogP contribution in [0.5, 0.6) is 0 Å². The molecule has 0 saturated carbocycles. The molecule has 0 bridgehead atoms. The summed E-state index contributed by atoms with van der Waals surface area (Å²) >= 11 is 0. The maximum Gasteiger partial charge on any atom is 0.269 e. The summed E-state index contributed by atoms with van der Waals surface area (Å²) in [5, 5.41) is 12.7. The topological polar surface area (TPSA) is 93.0 Å². The number of imide groups is 1. The second-order valence-corrected chi connectivity index (χ2v) is 8.31. The number of hydroxylamine groups is 1. The maximum atomic E-state index is 13.7. The molecule has 0 radical (unpaired) electrons. The van der Waals surface area contributed by atoms with Gasteiger partial charge in [0, 0.05) is 12.1 Å². The SMILES string of the molecule is Cc1ccc(N2C(=O)[C@@H]3[C@@H](c4ccc([N+](=O)[O-])cc4)N(c4ccccc4)O[C@H]3C2=O)c(C)c1. The number of hydrogen-bond donors (Lipinski definition) is 0. The fraction of sp³-hybridized carbons (Fsp3) is 0.200. The average Bonchev–Trinajstić information content (AvgIpc) is 3.31. The standard InChI is InChI=1S/C25H21N3O5/c1-15-8-13-20(16(2)14-15)26-24(29)21-22(17-9-11-19(12-10-17)28(31)32)27(33-23(21)25(26)30)18-6-4-3-5-7-18/h3-14,21-23H,1-2H3/t21-,22-,23-/m1/s1. The number of hydrogen-bond acceptors (Lipinski definition) is 6. The van der Waals surface area contributed by atoms with Gasteiger partial charge in [0.2, 0.25) is 5.91 Å². The van der Waals surface area contributed by atoms with Crippen molar-refractivity contribution < 1.29 is 19.3 Å². The Labute approximate surface area is 190 Å². The molecule has 33 heavy (non-hydrogen) atoms. The van der Waals surface area contributed by atoms with Crippen molar-refractivity contribution in [2.75, 3.05) is 9.96 Å². The van der Waals surface area contributed by atoms with Gasteiger partial charge in [0.05, 0.1) is 22.3 Å². The summed E-state index contributed by atoms with van der Waals surface area (Å²) in [6, 6.07) is 20.2. The van der Waals surface area contributed by atoms with Gasteiger partial charge in [-0.1, -0.05) is 48.0 Å². The minimum atomic E-state index is -0.987. The minimum Gasteiger partial charge on any atom is -0.273 e. The number of amides is 2. The highest BCUT2D eigenvalue weighted by Crippen LogP contribution is 2.48. The van der Waals surface area contributed by atoms with Crippen LogP contribution in [0.3, 0.4) is 0 Å². The van der Waals surface area contributed by atoms with Gasteiger partial charge in [-0.2, -0.15) is 0 Å². The number of nitrogens with zero attached hydrogens (tertiary/aromatic N) is 3. The molecule has 2 amide bonds. The first-order valence-electron chi connectivity index (χ1n) is 10.6. The molecule has 3 aromatic carbocycles. The number of nitro benzene ring substituents is 1. The zero-order valence-corrected chi connectivity index (χ0v) is 18.0. The van der Waals surface area contributed by atoms with Crippen molar-refractivity contribution in [3.05, 3.63) is 99.6 Å². The molecule has 0 aliphatic carbocycles. The van der Waals surface area contributed by atoms with Crippen LogP contribution in [-0.4, -0.2) is 22.8 Å². The first-order valence-corrected chi connectivity index (χ1v) is 10.6. The predicted molar refractivity (Wildman–Crippen MR) is 122 cm³/mol. The number of fused-ring (bicyclic) bond motifs is 1. The molecule has 3 atom stereocenters. The summed E-state index contributed by atoms with van der Waals surface area (Å²) in [6.07, 6.45) is -0.987. The number of aryl methyl sites for hydroxylation is 2. The van der Waals surface area contributed by atoms with E-state index < -0.39 is 28.9 Å². The normalized spacial score (nSPS) is 22.1. The molecule has 5 rings (SSSR count). The lowest BCUT2D eigenvalue weighted by molar-refractivity contribution is -0.384. The van der Waals surface area contributed by atoms with Crippen molar-refractivity contribution in [3.63, 3.8) is 0 Å². The van der Waals surface area contributed by atoms with Crippen LogP contribution in [0.4, 0.5) is 17.1 Å². The van der Waals surface area contributed by atoms with Crippen LogP contribution in [0, 0.1) is 29.9 Å². The summed E-state index contributed by atoms with van der Waals surface area (Å²) in [7, 11) is 0. The minimum absolute atomic E-state index is 0.0498. The van der Waals surface area contributed by atoms with Gasteiger partial charge in [0.25, 0.3) is 11.6 Å². The van der Waals surface area contributed by atoms with Gasteiger partial charge in [-0.15, -0.1) is 0 Å². The molecule has 2 aliphatic heterocycles. The summed E-state index contributed by atoms with van der Waals surface area (Å²) in [4.78, 5) is 45.0. The van der Waals surface area contributed by atoms with E-state index in [-0.39, 0.29) is 11.6 Å². The van der Waals surface area contributed by atoms with Gasteiger partial charge in [0.15, 0.2) is 6.10 Å². The number of non-ortho nitro benzene ring substituents is 1. The number of nitro groups is 1. The highest BCUT2D eigenvalue weighted by atomic mass is 16.7. The first-order chi connectivity index (χ1) is 15.9. The van der Waals surface area contributed by atoms with E-state index in [0.717, 1.165) is 11.1 Å². The van der Waals surface area contributed by atoms with Crippen LogP contribution in [-0.2, 0) is 14.4 Å². The molecule has 0 spiro atoms. The van der Waals surface area contributed by atoms with Crippen LogP contribution in [0.2, 0.25) is 0 Å². The average molecular weight is 443 g/mol. The summed E-state index contributed by atoms with van der Waals surface area (Å²) in [5.41, 5.74) is 3.69. The summed E-state index contributed by atoms with van der Waals surface area (Å²) in [6.45, 7) is 3.81. The maximum absolute atomic E-state index is 13.7. The summed E-state index contributed by atoms with van der Waals surface area (Å²) < 4.78 is 0. The molecule has 8 heteroatoms. The molecule has 0 N–H and O–H groups in total. The van der Waals surface area contributed by atoms with E-state index in [4.69, 9.17) is 4.84 Å². The van der Waals surface area contributed by atoms with Gasteiger partial charge in [-0.25, -0.2) is 9.96 Å². The molecular formula is C25H21N3O5. The van der Waals surface area contributed by atoms with E-state index in [2.05, 4.69) is 0 Å². The molecule has 0 unspecified atom stereocenters. The van der Waals surface area contributed by atoms with Crippen molar-refractivity contribution in [2.45, 2.75) is 26.0 Å². The Balaban J connectivity index is 1.59. The van der Waals surface area contributed by atoms with Crippen LogP contribution in [0.1, 0.15) is 22.7 Å². The van der Waals surface area contributed by atoms with Crippen molar-refractivity contribution in [2.24, 2.45) is 5.92 Å². The molecule has 2 fully saturated rings. The molecule has 8 nitrogen and oxygen atoms in total. The molecular weight excluding hydrogens is 422 g/mol. The van der Waals surface area contributed by atoms with Crippen LogP contribution < -0.4 is 9.96 Å². The number of carbonyl (C=O) groups is 2. The van der Waals surface area contributed by atoms with E-state index in [1.165, 1.54) is 17.0 Å². The van der Waals surface area contributed by atoms with E-state index in [0.29, 0.717) is 16.9 Å². The van der Waals surface area contributed by atoms with Crippen molar-refractivity contribution in [1.29, 1.82) is 0 Å². The van der Waals surface area contributed by atoms with E-state index >= 15 is 0 Å². The fourth-order valence-electron chi connectivity index (χ4n) is 4.64. The van der Waals surface area contributed by atoms with Crippen molar-refractivity contribution in [1.82, 2.24) is 0 Å². The Bertz CT molecular complexity index is 1260. The van der Waals surface area contributed by atoms with Crippen molar-refractivity contribution >= 4 is 28.9 Å². The lowest BCUT2D eigenvalue weighted by Gasteiger charge is -2.29. The number of carbonyl (C=O) groups excluding carboxylic acids is 2. The predicted octanol–water partition coefficient (Wildman–Crippen LogP) is 4.26. The Kier molecular flexibility index (Phi) is 4.94. The Morgan fingerprint density at radius 1 is 0.909 bits per heavy atom. The highest BCUT2D eigenvalue weighted by Gasteiger charge is 2.60. The van der Waals surface area contributed by atoms with Gasteiger partial charge in [-0.05, 0) is 43.2 Å². The molecule has 3 aromatic rings. The zero-order chi connectivity index (χ0) is 23.3. The Hall–Kier alpha value is -4.04. The monoisotopic (exact) mass is 443 g/mol. The summed E-state index contributed by atoms with van der Waals surface area (Å²) in [5.74, 6) is -1.55. The highest BCUT2D eigenvalue weighted by molar-refractivity contribution is 6.24. The largest absolute Gasteiger partial charge is 0.273 e. The van der Waals surface area contributed by atoms with Gasteiger partial charge in [0.1, 0.15) is 5.92 Å². The third kappa shape index (κ3) is 3.35. The van der Waals surface area contributed by atoms with Crippen LogP contribution >= 0.6 is 0 Å². The lowest BCUT2D eigenvalue weighted by Crippen LogP contribution is -2.37. The van der Waals surface area contributed by atoms with E-state index in [1.807, 2.05) is 56.3 Å². The lowest BCUT2D eigenvalue weighted by atomic mass is 9.90. The molecule has 166 valence electrons. The van der Waals surface area contributed by atoms with Gasteiger partial charge >= 0.3 is 0 Å². The Morgan fingerprint density at radius 3 is 2.24 bits per heavy atom. The number of para-hydroxylation sites is 1. The zero-order valence-electron chi connectivity index (χ0n) is 18.0. The van der Waals surface area contributed by atoms with Gasteiger partial charge in [-0.3, -0.25) is 24.5 Å². The number of rotatable bonds is 4. The second-order valence-electron chi connectivity index (χ2n) is 8.31. The third-order valence-electron chi connectivity index (χ3n) is 6.16. The van der Waals surface area contributed by atoms with Gasteiger partial charge < -0.3 is 0 Å². The van der Waals surface area contributed by atoms with Crippen molar-refractivity contribution in [3.8, 4) is 0 Å². The first kappa shape index (κ1) is 20.8. The quantitative estimate of drug-likeness (QED) is 0.340. The molecule has 2 heterocycles. The van der Waals surface area contributed by atoms with Crippen LogP contribution in [0.25, 0.3) is 0 Å². The number of benzene rings is 3. The second kappa shape index (κ2) is 7.83. The molecule has 0 aromatic heterocycles. The molecule has 2 saturated heterocycles. The third-order valence-corrected chi connectivity index (χ3v) is 6.16.